The topological polar surface area (TPSA) is 96.2 Å². The molecule has 8 nitrogen and oxygen atoms in total. The molecule has 0 aromatic carbocycles. The highest BCUT2D eigenvalue weighted by atomic mass is 16.1. The number of hydrogen-bond acceptors (Lipinski definition) is 4. The van der Waals surface area contributed by atoms with E-state index in [1.165, 1.54) is 6.33 Å². The van der Waals surface area contributed by atoms with Crippen molar-refractivity contribution < 1.29 is 4.79 Å². The molecule has 1 fully saturated rings. The Labute approximate surface area is 143 Å². The van der Waals surface area contributed by atoms with Crippen LogP contribution in [0, 0.1) is 5.92 Å². The first-order chi connectivity index (χ1) is 11.5. The van der Waals surface area contributed by atoms with Crippen LogP contribution in [0.25, 0.3) is 0 Å². The Bertz CT molecular complexity index is 567. The van der Waals surface area contributed by atoms with Gasteiger partial charge in [-0.2, -0.15) is 5.10 Å². The van der Waals surface area contributed by atoms with Gasteiger partial charge >= 0.3 is 0 Å². The third-order valence-corrected chi connectivity index (χ3v) is 4.26. The van der Waals surface area contributed by atoms with Crippen molar-refractivity contribution in [3.05, 3.63) is 12.2 Å². The van der Waals surface area contributed by atoms with Crippen molar-refractivity contribution in [3.8, 4) is 0 Å². The fourth-order valence-electron chi connectivity index (χ4n) is 2.99. The summed E-state index contributed by atoms with van der Waals surface area (Å²) in [6, 6.07) is 0.444. The first kappa shape index (κ1) is 18.2. The van der Waals surface area contributed by atoms with Gasteiger partial charge in [0.15, 0.2) is 5.96 Å². The van der Waals surface area contributed by atoms with Gasteiger partial charge in [0.1, 0.15) is 12.2 Å². The zero-order valence-corrected chi connectivity index (χ0v) is 15.0. The largest absolute Gasteiger partial charge is 0.354 e. The zero-order chi connectivity index (χ0) is 17.5. The second kappa shape index (κ2) is 8.65. The number of carbonyl (C=O) groups is 1. The third kappa shape index (κ3) is 5.21. The van der Waals surface area contributed by atoms with E-state index in [1.54, 1.807) is 11.7 Å². The third-order valence-electron chi connectivity index (χ3n) is 4.26. The van der Waals surface area contributed by atoms with Crippen LogP contribution in [0.3, 0.4) is 0 Å². The van der Waals surface area contributed by atoms with Crippen molar-refractivity contribution in [1.29, 1.82) is 0 Å². The number of hydrogen-bond donors (Lipinski definition) is 3. The second-order valence-corrected chi connectivity index (χ2v) is 6.59. The van der Waals surface area contributed by atoms with Crippen LogP contribution in [0.1, 0.15) is 45.4 Å². The summed E-state index contributed by atoms with van der Waals surface area (Å²) in [4.78, 5) is 20.7. The summed E-state index contributed by atoms with van der Waals surface area (Å²) in [6.45, 7) is 4.55. The lowest BCUT2D eigenvalue weighted by Crippen LogP contribution is -2.47. The van der Waals surface area contributed by atoms with Gasteiger partial charge in [-0.1, -0.05) is 6.42 Å². The standard InChI is InChI=1S/C16H29N7O/c1-11(2)21-15(24)12-6-5-7-13(8-12)22-16(17-3)18-9-14-19-10-20-23(14)4/h10-13H,5-9H2,1-4H3,(H,21,24)(H2,17,18,22). The van der Waals surface area contributed by atoms with Crippen LogP contribution in [0.2, 0.25) is 0 Å². The van der Waals surface area contributed by atoms with Gasteiger partial charge in [0, 0.05) is 32.1 Å². The lowest BCUT2D eigenvalue weighted by Gasteiger charge is -2.30. The summed E-state index contributed by atoms with van der Waals surface area (Å²) >= 11 is 0. The lowest BCUT2D eigenvalue weighted by molar-refractivity contribution is -0.126. The number of aromatic nitrogens is 3. The Hall–Kier alpha value is -2.12. The van der Waals surface area contributed by atoms with E-state index in [2.05, 4.69) is 31.0 Å². The van der Waals surface area contributed by atoms with Crippen molar-refractivity contribution in [3.63, 3.8) is 0 Å². The van der Waals surface area contributed by atoms with Crippen LogP contribution >= 0.6 is 0 Å². The highest BCUT2D eigenvalue weighted by Crippen LogP contribution is 2.24. The molecule has 0 radical (unpaired) electrons. The molecule has 2 unspecified atom stereocenters. The molecule has 1 aromatic rings. The minimum Gasteiger partial charge on any atom is -0.354 e. The maximum Gasteiger partial charge on any atom is 0.223 e. The molecule has 1 heterocycles. The van der Waals surface area contributed by atoms with E-state index in [1.807, 2.05) is 20.9 Å². The summed E-state index contributed by atoms with van der Waals surface area (Å²) in [5.41, 5.74) is 0. The highest BCUT2D eigenvalue weighted by molar-refractivity contribution is 5.81. The predicted molar refractivity (Wildman–Crippen MR) is 93.4 cm³/mol. The molecule has 3 N–H and O–H groups in total. The molecule has 2 atom stereocenters. The molecule has 24 heavy (non-hydrogen) atoms. The maximum atomic E-state index is 12.2. The van der Waals surface area contributed by atoms with E-state index in [4.69, 9.17) is 0 Å². The molecule has 0 bridgehead atoms. The van der Waals surface area contributed by atoms with Crippen LogP contribution in [-0.2, 0) is 18.4 Å². The zero-order valence-electron chi connectivity index (χ0n) is 15.0. The van der Waals surface area contributed by atoms with Crippen LogP contribution in [0.4, 0.5) is 0 Å². The number of nitrogens with zero attached hydrogens (tertiary/aromatic N) is 4. The Balaban J connectivity index is 1.84. The molecule has 134 valence electrons. The molecule has 8 heteroatoms. The first-order valence-electron chi connectivity index (χ1n) is 8.60. The van der Waals surface area contributed by atoms with Crippen LogP contribution in [-0.4, -0.2) is 45.8 Å². The van der Waals surface area contributed by atoms with Gasteiger partial charge in [-0.15, -0.1) is 0 Å². The monoisotopic (exact) mass is 335 g/mol. The summed E-state index contributed by atoms with van der Waals surface area (Å²) in [5.74, 6) is 1.82. The molecule has 0 spiro atoms. The average Bonchev–Trinajstić information content (AvgIpc) is 2.96. The lowest BCUT2D eigenvalue weighted by atomic mass is 9.85. The summed E-state index contributed by atoms with van der Waals surface area (Å²) in [6.07, 6.45) is 5.43. The van der Waals surface area contributed by atoms with Crippen molar-refractivity contribution in [2.24, 2.45) is 18.0 Å². The molecule has 1 saturated carbocycles. The van der Waals surface area contributed by atoms with Crippen molar-refractivity contribution in [2.75, 3.05) is 7.05 Å². The quantitative estimate of drug-likeness (QED) is 0.540. The molecule has 1 aliphatic rings. The van der Waals surface area contributed by atoms with Crippen molar-refractivity contribution in [1.82, 2.24) is 30.7 Å². The van der Waals surface area contributed by atoms with E-state index in [-0.39, 0.29) is 23.9 Å². The maximum absolute atomic E-state index is 12.2. The van der Waals surface area contributed by atoms with E-state index in [0.29, 0.717) is 6.54 Å². The molecule has 2 rings (SSSR count). The number of guanidine groups is 1. The number of aryl methyl sites for hydroxylation is 1. The SMILES string of the molecule is CN=C(NCc1ncnn1C)NC1CCCC(C(=O)NC(C)C)C1. The van der Waals surface area contributed by atoms with Gasteiger partial charge in [0.2, 0.25) is 5.91 Å². The molecule has 0 saturated heterocycles. The summed E-state index contributed by atoms with van der Waals surface area (Å²) in [5, 5.41) is 13.7. The van der Waals surface area contributed by atoms with Crippen LogP contribution in [0.15, 0.2) is 11.3 Å². The normalized spacial score (nSPS) is 21.6. The average molecular weight is 335 g/mol. The Morgan fingerprint density at radius 3 is 2.88 bits per heavy atom. The van der Waals surface area contributed by atoms with Crippen molar-refractivity contribution >= 4 is 11.9 Å². The number of rotatable bonds is 5. The Morgan fingerprint density at radius 2 is 2.25 bits per heavy atom. The fraction of sp³-hybridized carbons (Fsp3) is 0.750. The first-order valence-corrected chi connectivity index (χ1v) is 8.60. The Kier molecular flexibility index (Phi) is 6.57. The van der Waals surface area contributed by atoms with Gasteiger partial charge in [0.25, 0.3) is 0 Å². The number of aliphatic imine (C=N–C) groups is 1. The minimum absolute atomic E-state index is 0.0792. The predicted octanol–water partition coefficient (Wildman–Crippen LogP) is 0.564. The fourth-order valence-corrected chi connectivity index (χ4v) is 2.99. The number of nitrogens with one attached hydrogen (secondary N) is 3. The van der Waals surface area contributed by atoms with E-state index in [0.717, 1.165) is 37.5 Å². The number of amides is 1. The van der Waals surface area contributed by atoms with E-state index in [9.17, 15) is 4.79 Å². The number of carbonyl (C=O) groups excluding carboxylic acids is 1. The van der Waals surface area contributed by atoms with Crippen molar-refractivity contribution in [2.45, 2.75) is 58.2 Å². The van der Waals surface area contributed by atoms with E-state index >= 15 is 0 Å². The van der Waals surface area contributed by atoms with Crippen LogP contribution in [0.5, 0.6) is 0 Å². The molecule has 1 amide bonds. The molecule has 1 aromatic heterocycles. The highest BCUT2D eigenvalue weighted by Gasteiger charge is 2.28. The summed E-state index contributed by atoms with van der Waals surface area (Å²) < 4.78 is 1.73. The van der Waals surface area contributed by atoms with Gasteiger partial charge < -0.3 is 16.0 Å². The molecular formula is C16H29N7O. The van der Waals surface area contributed by atoms with Gasteiger partial charge in [-0.3, -0.25) is 14.5 Å². The van der Waals surface area contributed by atoms with Gasteiger partial charge in [0.05, 0.1) is 6.54 Å². The van der Waals surface area contributed by atoms with E-state index < -0.39 is 0 Å². The van der Waals surface area contributed by atoms with Crippen LogP contribution < -0.4 is 16.0 Å². The minimum atomic E-state index is 0.0792. The molecular weight excluding hydrogens is 306 g/mol. The smallest absolute Gasteiger partial charge is 0.223 e. The second-order valence-electron chi connectivity index (χ2n) is 6.59. The molecule has 1 aliphatic carbocycles. The Morgan fingerprint density at radius 1 is 1.46 bits per heavy atom. The van der Waals surface area contributed by atoms with Gasteiger partial charge in [-0.25, -0.2) is 4.98 Å². The summed E-state index contributed by atoms with van der Waals surface area (Å²) in [7, 11) is 3.61. The van der Waals surface area contributed by atoms with Gasteiger partial charge in [-0.05, 0) is 33.1 Å². The molecule has 0 aliphatic heterocycles.